The third-order valence-corrected chi connectivity index (χ3v) is 4.60. The number of ether oxygens (including phenoxy) is 1. The summed E-state index contributed by atoms with van der Waals surface area (Å²) in [6.07, 6.45) is 0.891. The van der Waals surface area contributed by atoms with Gasteiger partial charge in [0.2, 0.25) is 0 Å². The van der Waals surface area contributed by atoms with Gasteiger partial charge in [0.15, 0.2) is 11.6 Å². The lowest BCUT2D eigenvalue weighted by Crippen LogP contribution is -2.06. The molecule has 0 radical (unpaired) electrons. The Labute approximate surface area is 159 Å². The van der Waals surface area contributed by atoms with Gasteiger partial charge in [0.1, 0.15) is 5.75 Å². The van der Waals surface area contributed by atoms with Crippen molar-refractivity contribution in [2.45, 2.75) is 13.0 Å². The second-order valence-corrected chi connectivity index (χ2v) is 6.33. The molecule has 0 amide bonds. The van der Waals surface area contributed by atoms with E-state index in [9.17, 15) is 0 Å². The molecule has 134 valence electrons. The van der Waals surface area contributed by atoms with E-state index in [1.54, 1.807) is 7.11 Å². The highest BCUT2D eigenvalue weighted by Gasteiger charge is 2.15. The minimum atomic E-state index is 0.799. The molecule has 0 aliphatic rings. The number of aryl methyl sites for hydroxylation is 1. The Hall–Kier alpha value is -3.40. The van der Waals surface area contributed by atoms with Crippen LogP contribution in [-0.4, -0.2) is 21.9 Å². The van der Waals surface area contributed by atoms with Crippen LogP contribution in [0.2, 0.25) is 0 Å². The van der Waals surface area contributed by atoms with E-state index < -0.39 is 0 Å². The summed E-state index contributed by atoms with van der Waals surface area (Å²) in [7, 11) is 1.68. The topological polar surface area (TPSA) is 39.9 Å². The Kier molecular flexibility index (Phi) is 4.97. The third-order valence-electron chi connectivity index (χ3n) is 4.60. The predicted molar refractivity (Wildman–Crippen MR) is 108 cm³/mol. The fourth-order valence-corrected chi connectivity index (χ4v) is 3.15. The summed E-state index contributed by atoms with van der Waals surface area (Å²) in [6.45, 7) is 0.799. The number of hydrogen-bond acceptors (Lipinski definition) is 3. The van der Waals surface area contributed by atoms with E-state index in [1.165, 1.54) is 5.56 Å². The number of methoxy groups -OCH3 is 1. The maximum Gasteiger partial charge on any atom is 0.164 e. The Morgan fingerprint density at radius 2 is 1.22 bits per heavy atom. The van der Waals surface area contributed by atoms with Crippen molar-refractivity contribution in [3.8, 4) is 28.5 Å². The molecule has 1 heterocycles. The highest BCUT2D eigenvalue weighted by molar-refractivity contribution is 5.62. The molecule has 0 aliphatic carbocycles. The summed E-state index contributed by atoms with van der Waals surface area (Å²) in [6, 6.07) is 28.6. The van der Waals surface area contributed by atoms with Gasteiger partial charge in [0.05, 0.1) is 7.11 Å². The van der Waals surface area contributed by atoms with Gasteiger partial charge in [-0.3, -0.25) is 0 Å². The van der Waals surface area contributed by atoms with Crippen LogP contribution in [0, 0.1) is 0 Å². The largest absolute Gasteiger partial charge is 0.497 e. The molecule has 0 atom stereocenters. The van der Waals surface area contributed by atoms with E-state index in [0.717, 1.165) is 41.5 Å². The molecule has 0 spiro atoms. The van der Waals surface area contributed by atoms with Crippen LogP contribution in [0.4, 0.5) is 0 Å². The van der Waals surface area contributed by atoms with Crippen LogP contribution in [0.25, 0.3) is 22.8 Å². The van der Waals surface area contributed by atoms with Gasteiger partial charge < -0.3 is 9.30 Å². The SMILES string of the molecule is COc1ccc(CCn2c(-c3ccccc3)nnc2-c2ccccc2)cc1. The number of hydrogen-bond donors (Lipinski definition) is 0. The van der Waals surface area contributed by atoms with Crippen LogP contribution < -0.4 is 4.74 Å². The molecule has 4 heteroatoms. The fourth-order valence-electron chi connectivity index (χ4n) is 3.15. The number of benzene rings is 3. The molecule has 0 saturated carbocycles. The summed E-state index contributed by atoms with van der Waals surface area (Å²) in [5.41, 5.74) is 3.39. The maximum atomic E-state index is 5.25. The van der Waals surface area contributed by atoms with Crippen LogP contribution in [0.3, 0.4) is 0 Å². The Bertz CT molecular complexity index is 936. The molecule has 0 saturated heterocycles. The summed E-state index contributed by atoms with van der Waals surface area (Å²) < 4.78 is 7.45. The molecule has 0 aliphatic heterocycles. The molecular formula is C23H21N3O. The van der Waals surface area contributed by atoms with Crippen LogP contribution in [0.15, 0.2) is 84.9 Å². The summed E-state index contributed by atoms with van der Waals surface area (Å²) in [5.74, 6) is 2.66. The van der Waals surface area contributed by atoms with Crippen molar-refractivity contribution in [3.63, 3.8) is 0 Å². The smallest absolute Gasteiger partial charge is 0.164 e. The number of rotatable bonds is 6. The first-order valence-corrected chi connectivity index (χ1v) is 9.02. The zero-order valence-corrected chi connectivity index (χ0v) is 15.2. The van der Waals surface area contributed by atoms with E-state index in [4.69, 9.17) is 4.74 Å². The van der Waals surface area contributed by atoms with Crippen molar-refractivity contribution in [1.29, 1.82) is 0 Å². The zero-order valence-electron chi connectivity index (χ0n) is 15.2. The molecule has 4 aromatic rings. The van der Waals surface area contributed by atoms with Gasteiger partial charge in [-0.25, -0.2) is 0 Å². The summed E-state index contributed by atoms with van der Waals surface area (Å²) in [4.78, 5) is 0. The van der Waals surface area contributed by atoms with Crippen LogP contribution in [-0.2, 0) is 13.0 Å². The van der Waals surface area contributed by atoms with Gasteiger partial charge in [0, 0.05) is 17.7 Å². The van der Waals surface area contributed by atoms with E-state index in [1.807, 2.05) is 48.5 Å². The highest BCUT2D eigenvalue weighted by atomic mass is 16.5. The van der Waals surface area contributed by atoms with Crippen molar-refractivity contribution in [3.05, 3.63) is 90.5 Å². The second kappa shape index (κ2) is 7.87. The third kappa shape index (κ3) is 3.75. The quantitative estimate of drug-likeness (QED) is 0.496. The molecule has 0 N–H and O–H groups in total. The van der Waals surface area contributed by atoms with E-state index in [2.05, 4.69) is 51.2 Å². The maximum absolute atomic E-state index is 5.25. The van der Waals surface area contributed by atoms with Gasteiger partial charge in [-0.1, -0.05) is 72.8 Å². The molecular weight excluding hydrogens is 334 g/mol. The number of nitrogens with zero attached hydrogens (tertiary/aromatic N) is 3. The van der Waals surface area contributed by atoms with E-state index in [0.29, 0.717) is 0 Å². The lowest BCUT2D eigenvalue weighted by Gasteiger charge is -2.11. The number of aromatic nitrogens is 3. The molecule has 0 fully saturated rings. The average molecular weight is 355 g/mol. The first-order valence-electron chi connectivity index (χ1n) is 9.02. The van der Waals surface area contributed by atoms with Crippen molar-refractivity contribution in [2.24, 2.45) is 0 Å². The standard InChI is InChI=1S/C23H21N3O/c1-27-21-14-12-18(13-15-21)16-17-26-22(19-8-4-2-5-9-19)24-25-23(26)20-10-6-3-7-11-20/h2-15H,16-17H2,1H3. The van der Waals surface area contributed by atoms with Crippen molar-refractivity contribution in [2.75, 3.05) is 7.11 Å². The molecule has 4 rings (SSSR count). The van der Waals surface area contributed by atoms with Gasteiger partial charge >= 0.3 is 0 Å². The molecule has 0 bridgehead atoms. The summed E-state index contributed by atoms with van der Waals surface area (Å²) in [5, 5.41) is 8.99. The highest BCUT2D eigenvalue weighted by Crippen LogP contribution is 2.25. The first-order chi connectivity index (χ1) is 13.3. The van der Waals surface area contributed by atoms with Gasteiger partial charge in [-0.2, -0.15) is 0 Å². The van der Waals surface area contributed by atoms with Crippen LogP contribution >= 0.6 is 0 Å². The van der Waals surface area contributed by atoms with Gasteiger partial charge in [-0.15, -0.1) is 10.2 Å². The first kappa shape index (κ1) is 17.0. The van der Waals surface area contributed by atoms with Crippen molar-refractivity contribution >= 4 is 0 Å². The van der Waals surface area contributed by atoms with Crippen molar-refractivity contribution in [1.82, 2.24) is 14.8 Å². The summed E-state index contributed by atoms with van der Waals surface area (Å²) >= 11 is 0. The van der Waals surface area contributed by atoms with Crippen LogP contribution in [0.1, 0.15) is 5.56 Å². The normalized spacial score (nSPS) is 10.7. The van der Waals surface area contributed by atoms with Gasteiger partial charge in [-0.05, 0) is 24.1 Å². The minimum Gasteiger partial charge on any atom is -0.497 e. The molecule has 0 unspecified atom stereocenters. The Morgan fingerprint density at radius 1 is 0.704 bits per heavy atom. The zero-order chi connectivity index (χ0) is 18.5. The average Bonchev–Trinajstić information content (AvgIpc) is 3.18. The molecule has 3 aromatic carbocycles. The minimum absolute atomic E-state index is 0.799. The second-order valence-electron chi connectivity index (χ2n) is 6.33. The van der Waals surface area contributed by atoms with Gasteiger partial charge in [0.25, 0.3) is 0 Å². The lowest BCUT2D eigenvalue weighted by molar-refractivity contribution is 0.414. The lowest BCUT2D eigenvalue weighted by atomic mass is 10.1. The van der Waals surface area contributed by atoms with E-state index in [-0.39, 0.29) is 0 Å². The molecule has 4 nitrogen and oxygen atoms in total. The van der Waals surface area contributed by atoms with Crippen molar-refractivity contribution < 1.29 is 4.74 Å². The Balaban J connectivity index is 1.68. The molecule has 27 heavy (non-hydrogen) atoms. The predicted octanol–water partition coefficient (Wildman–Crippen LogP) is 4.86. The molecule has 1 aromatic heterocycles. The fraction of sp³-hybridized carbons (Fsp3) is 0.130. The van der Waals surface area contributed by atoms with E-state index >= 15 is 0 Å². The monoisotopic (exact) mass is 355 g/mol. The van der Waals surface area contributed by atoms with Crippen LogP contribution in [0.5, 0.6) is 5.75 Å². The Morgan fingerprint density at radius 3 is 1.70 bits per heavy atom.